The Kier molecular flexibility index (Phi) is 5.20. The third kappa shape index (κ3) is 3.60. The van der Waals surface area contributed by atoms with E-state index in [0.717, 1.165) is 25.7 Å². The molecule has 1 aromatic rings. The first-order valence-corrected chi connectivity index (χ1v) is 8.35. The molecule has 0 radical (unpaired) electrons. The van der Waals surface area contributed by atoms with Crippen LogP contribution in [-0.4, -0.2) is 31.8 Å². The first-order valence-electron chi connectivity index (χ1n) is 6.87. The highest BCUT2D eigenvalue weighted by atomic mass is 32.2. The van der Waals surface area contributed by atoms with Gasteiger partial charge in [0.1, 0.15) is 12.4 Å². The fourth-order valence-electron chi connectivity index (χ4n) is 2.67. The molecule has 6 nitrogen and oxygen atoms in total. The van der Waals surface area contributed by atoms with Crippen LogP contribution in [0.25, 0.3) is 0 Å². The molecule has 114 valence electrons. The topological polar surface area (TPSA) is 99.8 Å². The van der Waals surface area contributed by atoms with Crippen molar-refractivity contribution in [3.8, 4) is 0 Å². The van der Waals surface area contributed by atoms with Gasteiger partial charge in [-0.25, -0.2) is 13.1 Å². The predicted octanol–water partition coefficient (Wildman–Crippen LogP) is 0.849. The molecule has 1 aliphatic carbocycles. The Labute approximate surface area is 118 Å². The van der Waals surface area contributed by atoms with Crippen molar-refractivity contribution < 1.29 is 23.0 Å². The lowest BCUT2D eigenvalue weighted by molar-refractivity contribution is 0.136. The Balaban J connectivity index is 1.98. The van der Waals surface area contributed by atoms with Crippen LogP contribution in [0, 0.1) is 11.8 Å². The van der Waals surface area contributed by atoms with Crippen LogP contribution < -0.4 is 4.72 Å². The third-order valence-electron chi connectivity index (χ3n) is 3.89. The summed E-state index contributed by atoms with van der Waals surface area (Å²) in [5.41, 5.74) is 0. The molecule has 1 aromatic heterocycles. The summed E-state index contributed by atoms with van der Waals surface area (Å²) >= 11 is 0. The van der Waals surface area contributed by atoms with Gasteiger partial charge in [-0.2, -0.15) is 0 Å². The summed E-state index contributed by atoms with van der Waals surface area (Å²) in [6, 6.07) is 2.77. The number of aliphatic hydroxyl groups excluding tert-OH is 2. The number of nitrogens with one attached hydrogen (secondary N) is 1. The highest BCUT2D eigenvalue weighted by Crippen LogP contribution is 2.29. The lowest BCUT2D eigenvalue weighted by Gasteiger charge is -2.30. The summed E-state index contributed by atoms with van der Waals surface area (Å²) in [6.45, 7) is 0.0786. The van der Waals surface area contributed by atoms with E-state index in [-0.39, 0.29) is 35.9 Å². The minimum absolute atomic E-state index is 0.0990. The number of rotatable bonds is 6. The monoisotopic (exact) mass is 303 g/mol. The Morgan fingerprint density at radius 2 is 1.90 bits per heavy atom. The van der Waals surface area contributed by atoms with E-state index in [0.29, 0.717) is 6.54 Å². The first kappa shape index (κ1) is 15.5. The zero-order valence-corrected chi connectivity index (χ0v) is 12.1. The Bertz CT molecular complexity index is 525. The molecule has 0 aromatic carbocycles. The van der Waals surface area contributed by atoms with Gasteiger partial charge in [0.15, 0.2) is 0 Å². The Morgan fingerprint density at radius 3 is 2.50 bits per heavy atom. The smallest absolute Gasteiger partial charge is 0.273 e. The van der Waals surface area contributed by atoms with Crippen molar-refractivity contribution in [2.45, 2.75) is 37.4 Å². The van der Waals surface area contributed by atoms with Crippen LogP contribution in [-0.2, 0) is 16.6 Å². The van der Waals surface area contributed by atoms with Crippen molar-refractivity contribution >= 4 is 10.0 Å². The zero-order chi connectivity index (χ0) is 14.6. The van der Waals surface area contributed by atoms with Crippen molar-refractivity contribution in [2.24, 2.45) is 11.8 Å². The van der Waals surface area contributed by atoms with Crippen LogP contribution in [0.5, 0.6) is 0 Å². The summed E-state index contributed by atoms with van der Waals surface area (Å²) in [5, 5.41) is 18.0. The van der Waals surface area contributed by atoms with E-state index in [9.17, 15) is 13.5 Å². The minimum atomic E-state index is -3.69. The number of sulfonamides is 1. The highest BCUT2D eigenvalue weighted by molar-refractivity contribution is 7.89. The van der Waals surface area contributed by atoms with E-state index in [1.54, 1.807) is 0 Å². The summed E-state index contributed by atoms with van der Waals surface area (Å²) in [5.74, 6) is 0.545. The third-order valence-corrected chi connectivity index (χ3v) is 5.19. The molecule has 3 N–H and O–H groups in total. The predicted molar refractivity (Wildman–Crippen MR) is 72.4 cm³/mol. The fraction of sp³-hybridized carbons (Fsp3) is 0.692. The van der Waals surface area contributed by atoms with Gasteiger partial charge < -0.3 is 14.6 Å². The molecule has 0 amide bonds. The molecule has 2 unspecified atom stereocenters. The van der Waals surface area contributed by atoms with E-state index in [4.69, 9.17) is 9.52 Å². The van der Waals surface area contributed by atoms with Gasteiger partial charge in [0.2, 0.25) is 5.09 Å². The van der Waals surface area contributed by atoms with Crippen LogP contribution in [0.15, 0.2) is 21.6 Å². The van der Waals surface area contributed by atoms with Gasteiger partial charge in [-0.05, 0) is 36.8 Å². The maximum absolute atomic E-state index is 12.1. The van der Waals surface area contributed by atoms with E-state index in [1.165, 1.54) is 12.1 Å². The van der Waals surface area contributed by atoms with E-state index < -0.39 is 10.0 Å². The van der Waals surface area contributed by atoms with Gasteiger partial charge in [0, 0.05) is 13.2 Å². The highest BCUT2D eigenvalue weighted by Gasteiger charge is 2.27. The number of hydrogen-bond acceptors (Lipinski definition) is 5. The van der Waals surface area contributed by atoms with Gasteiger partial charge in [-0.3, -0.25) is 0 Å². The number of furan rings is 1. The normalized spacial score (nSPS) is 23.9. The number of aliphatic hydroxyl groups is 2. The van der Waals surface area contributed by atoms with Gasteiger partial charge in [-0.1, -0.05) is 12.8 Å². The van der Waals surface area contributed by atoms with Crippen LogP contribution in [0.4, 0.5) is 0 Å². The lowest BCUT2D eigenvalue weighted by Crippen LogP contribution is -2.35. The molecular formula is C13H21NO5S. The van der Waals surface area contributed by atoms with Crippen LogP contribution in [0.2, 0.25) is 0 Å². The first-order chi connectivity index (χ1) is 9.56. The van der Waals surface area contributed by atoms with Crippen molar-refractivity contribution in [2.75, 3.05) is 13.2 Å². The largest absolute Gasteiger partial charge is 0.446 e. The zero-order valence-electron chi connectivity index (χ0n) is 11.3. The van der Waals surface area contributed by atoms with E-state index in [1.807, 2.05) is 0 Å². The SMILES string of the molecule is O=S(=O)(NCC1CCCCC1CO)c1ccc(CO)o1. The maximum Gasteiger partial charge on any atom is 0.273 e. The summed E-state index contributed by atoms with van der Waals surface area (Å²) in [4.78, 5) is 0. The average Bonchev–Trinajstić information content (AvgIpc) is 2.95. The molecule has 0 bridgehead atoms. The summed E-state index contributed by atoms with van der Waals surface area (Å²) in [7, 11) is -3.69. The van der Waals surface area contributed by atoms with Gasteiger partial charge in [0.25, 0.3) is 10.0 Å². The van der Waals surface area contributed by atoms with Crippen molar-refractivity contribution in [1.29, 1.82) is 0 Å². The molecule has 0 saturated heterocycles. The second-order valence-electron chi connectivity index (χ2n) is 5.22. The second kappa shape index (κ2) is 6.71. The molecule has 1 heterocycles. The van der Waals surface area contributed by atoms with E-state index >= 15 is 0 Å². The average molecular weight is 303 g/mol. The van der Waals surface area contributed by atoms with Gasteiger partial charge >= 0.3 is 0 Å². The second-order valence-corrected chi connectivity index (χ2v) is 6.92. The molecule has 7 heteroatoms. The summed E-state index contributed by atoms with van der Waals surface area (Å²) < 4.78 is 31.7. The minimum Gasteiger partial charge on any atom is -0.446 e. The quantitative estimate of drug-likeness (QED) is 0.723. The van der Waals surface area contributed by atoms with Crippen LogP contribution in [0.1, 0.15) is 31.4 Å². The molecule has 0 spiro atoms. The van der Waals surface area contributed by atoms with Crippen molar-refractivity contribution in [3.63, 3.8) is 0 Å². The Morgan fingerprint density at radius 1 is 1.20 bits per heavy atom. The molecule has 1 aliphatic rings. The standard InChI is InChI=1S/C13H21NO5S/c15-8-11-4-2-1-3-10(11)7-14-20(17,18)13-6-5-12(9-16)19-13/h5-6,10-11,14-16H,1-4,7-9H2. The molecule has 20 heavy (non-hydrogen) atoms. The van der Waals surface area contributed by atoms with Crippen molar-refractivity contribution in [1.82, 2.24) is 4.72 Å². The molecule has 2 rings (SSSR count). The molecule has 0 aliphatic heterocycles. The Hall–Kier alpha value is -0.890. The summed E-state index contributed by atoms with van der Waals surface area (Å²) in [6.07, 6.45) is 4.02. The van der Waals surface area contributed by atoms with Gasteiger partial charge in [-0.15, -0.1) is 0 Å². The van der Waals surface area contributed by atoms with Gasteiger partial charge in [0.05, 0.1) is 0 Å². The molecule has 1 fully saturated rings. The molecule has 2 atom stereocenters. The van der Waals surface area contributed by atoms with Crippen LogP contribution >= 0.6 is 0 Å². The van der Waals surface area contributed by atoms with E-state index in [2.05, 4.69) is 4.72 Å². The van der Waals surface area contributed by atoms with Crippen LogP contribution in [0.3, 0.4) is 0 Å². The maximum atomic E-state index is 12.1. The fourth-order valence-corrected chi connectivity index (χ4v) is 3.71. The lowest BCUT2D eigenvalue weighted by atomic mass is 9.80. The molecular weight excluding hydrogens is 282 g/mol. The van der Waals surface area contributed by atoms with Crippen molar-refractivity contribution in [3.05, 3.63) is 17.9 Å². The number of hydrogen-bond donors (Lipinski definition) is 3. The molecule has 1 saturated carbocycles.